The molecule has 0 saturated carbocycles. The summed E-state index contributed by atoms with van der Waals surface area (Å²) in [6.45, 7) is 1.53. The van der Waals surface area contributed by atoms with Crippen LogP contribution in [-0.4, -0.2) is 29.5 Å². The van der Waals surface area contributed by atoms with E-state index in [4.69, 9.17) is 14.7 Å². The van der Waals surface area contributed by atoms with Gasteiger partial charge in [-0.05, 0) is 25.1 Å². The number of rotatable bonds is 5. The van der Waals surface area contributed by atoms with Gasteiger partial charge in [-0.3, -0.25) is 4.79 Å². The van der Waals surface area contributed by atoms with Gasteiger partial charge in [0.2, 0.25) is 0 Å². The van der Waals surface area contributed by atoms with Crippen LogP contribution in [0.5, 0.6) is 5.75 Å². The Hall–Kier alpha value is -3.14. The smallest absolute Gasteiger partial charge is 0.343 e. The minimum absolute atomic E-state index is 0.146. The quantitative estimate of drug-likeness (QED) is 0.779. The molecule has 2 aromatic rings. The minimum Gasteiger partial charge on any atom is -0.497 e. The van der Waals surface area contributed by atoms with Gasteiger partial charge in [0.25, 0.3) is 5.56 Å². The van der Waals surface area contributed by atoms with Crippen molar-refractivity contribution in [1.82, 2.24) is 9.78 Å². The second-order valence-corrected chi connectivity index (χ2v) is 4.52. The Balaban J connectivity index is 2.61. The van der Waals surface area contributed by atoms with Crippen LogP contribution < -0.4 is 10.3 Å². The van der Waals surface area contributed by atoms with Gasteiger partial charge in [0.1, 0.15) is 17.9 Å². The molecule has 118 valence electrons. The molecular formula is C16H15N3O4. The van der Waals surface area contributed by atoms with Crippen LogP contribution in [0.3, 0.4) is 0 Å². The summed E-state index contributed by atoms with van der Waals surface area (Å²) in [4.78, 5) is 24.2. The summed E-state index contributed by atoms with van der Waals surface area (Å²) in [5.74, 6) is -0.129. The summed E-state index contributed by atoms with van der Waals surface area (Å²) in [5.41, 5.74) is 0.218. The molecule has 0 atom stereocenters. The standard InChI is InChI=1S/C16H15N3O4/c1-3-23-16(21)13-10-14(18-19(8-7-17)15(13)20)11-5-4-6-12(9-11)22-2/h4-6,9-10H,3,8H2,1-2H3. The summed E-state index contributed by atoms with van der Waals surface area (Å²) in [7, 11) is 1.53. The molecule has 0 spiro atoms. The van der Waals surface area contributed by atoms with Gasteiger partial charge in [-0.15, -0.1) is 0 Å². The van der Waals surface area contributed by atoms with Crippen molar-refractivity contribution in [1.29, 1.82) is 5.26 Å². The average molecular weight is 313 g/mol. The van der Waals surface area contributed by atoms with Crippen LogP contribution in [0.2, 0.25) is 0 Å². The number of aromatic nitrogens is 2. The fourth-order valence-electron chi connectivity index (χ4n) is 1.99. The monoisotopic (exact) mass is 313 g/mol. The second-order valence-electron chi connectivity index (χ2n) is 4.52. The first-order valence-electron chi connectivity index (χ1n) is 6.91. The number of carbonyl (C=O) groups is 1. The molecule has 2 rings (SSSR count). The molecule has 1 aromatic heterocycles. The number of esters is 1. The van der Waals surface area contributed by atoms with Crippen molar-refractivity contribution >= 4 is 5.97 Å². The van der Waals surface area contributed by atoms with Crippen LogP contribution in [0.15, 0.2) is 35.1 Å². The Morgan fingerprint density at radius 2 is 2.17 bits per heavy atom. The van der Waals surface area contributed by atoms with Crippen molar-refractivity contribution in [3.8, 4) is 23.1 Å². The van der Waals surface area contributed by atoms with E-state index in [-0.39, 0.29) is 18.7 Å². The second kappa shape index (κ2) is 7.22. The van der Waals surface area contributed by atoms with Crippen LogP contribution in [-0.2, 0) is 11.3 Å². The lowest BCUT2D eigenvalue weighted by Crippen LogP contribution is -2.29. The molecule has 0 saturated heterocycles. The zero-order valence-corrected chi connectivity index (χ0v) is 12.8. The van der Waals surface area contributed by atoms with Gasteiger partial charge in [-0.2, -0.15) is 10.4 Å². The van der Waals surface area contributed by atoms with Crippen LogP contribution >= 0.6 is 0 Å². The zero-order chi connectivity index (χ0) is 16.8. The largest absolute Gasteiger partial charge is 0.497 e. The molecule has 23 heavy (non-hydrogen) atoms. The Kier molecular flexibility index (Phi) is 5.10. The maximum atomic E-state index is 12.2. The highest BCUT2D eigenvalue weighted by molar-refractivity contribution is 5.90. The molecule has 0 amide bonds. The van der Waals surface area contributed by atoms with E-state index < -0.39 is 11.5 Å². The molecule has 7 heteroatoms. The molecule has 7 nitrogen and oxygen atoms in total. The average Bonchev–Trinajstić information content (AvgIpc) is 2.57. The summed E-state index contributed by atoms with van der Waals surface area (Å²) in [5, 5.41) is 13.0. The van der Waals surface area contributed by atoms with Crippen molar-refractivity contribution in [3.05, 3.63) is 46.2 Å². The lowest BCUT2D eigenvalue weighted by molar-refractivity contribution is 0.0523. The van der Waals surface area contributed by atoms with E-state index in [1.54, 1.807) is 31.2 Å². The fourth-order valence-corrected chi connectivity index (χ4v) is 1.99. The van der Waals surface area contributed by atoms with Gasteiger partial charge in [0.05, 0.1) is 25.5 Å². The molecule has 0 aliphatic heterocycles. The van der Waals surface area contributed by atoms with Crippen LogP contribution in [0.4, 0.5) is 0 Å². The van der Waals surface area contributed by atoms with Gasteiger partial charge in [0.15, 0.2) is 0 Å². The number of methoxy groups -OCH3 is 1. The predicted octanol–water partition coefficient (Wildman–Crippen LogP) is 1.62. The molecule has 1 aromatic carbocycles. The summed E-state index contributed by atoms with van der Waals surface area (Å²) in [6.07, 6.45) is 0. The molecule has 0 fully saturated rings. The normalized spacial score (nSPS) is 9.96. The number of hydrogen-bond acceptors (Lipinski definition) is 6. The number of nitrogens with zero attached hydrogens (tertiary/aromatic N) is 3. The maximum Gasteiger partial charge on any atom is 0.343 e. The number of hydrogen-bond donors (Lipinski definition) is 0. The summed E-state index contributed by atoms with van der Waals surface area (Å²) >= 11 is 0. The third-order valence-electron chi connectivity index (χ3n) is 3.06. The fraction of sp³-hybridized carbons (Fsp3) is 0.250. The predicted molar refractivity (Wildman–Crippen MR) is 82.1 cm³/mol. The Bertz CT molecular complexity index is 821. The van der Waals surface area contributed by atoms with E-state index in [1.165, 1.54) is 13.2 Å². The van der Waals surface area contributed by atoms with Crippen molar-refractivity contribution in [2.24, 2.45) is 0 Å². The van der Waals surface area contributed by atoms with Crippen LogP contribution in [0.1, 0.15) is 17.3 Å². The lowest BCUT2D eigenvalue weighted by Gasteiger charge is -2.09. The zero-order valence-electron chi connectivity index (χ0n) is 12.8. The summed E-state index contributed by atoms with van der Waals surface area (Å²) < 4.78 is 11.0. The molecule has 0 N–H and O–H groups in total. The highest BCUT2D eigenvalue weighted by Gasteiger charge is 2.17. The SMILES string of the molecule is CCOC(=O)c1cc(-c2cccc(OC)c2)nn(CC#N)c1=O. The summed E-state index contributed by atoms with van der Waals surface area (Å²) in [6, 6.07) is 10.2. The highest BCUT2D eigenvalue weighted by Crippen LogP contribution is 2.22. The van der Waals surface area contributed by atoms with E-state index in [0.29, 0.717) is 17.0 Å². The molecule has 0 radical (unpaired) electrons. The van der Waals surface area contributed by atoms with Crippen LogP contribution in [0.25, 0.3) is 11.3 Å². The van der Waals surface area contributed by atoms with Crippen molar-refractivity contribution in [2.45, 2.75) is 13.5 Å². The lowest BCUT2D eigenvalue weighted by atomic mass is 10.1. The third kappa shape index (κ3) is 3.55. The van der Waals surface area contributed by atoms with E-state index in [9.17, 15) is 9.59 Å². The molecule has 0 aliphatic carbocycles. The van der Waals surface area contributed by atoms with Gasteiger partial charge in [-0.25, -0.2) is 9.48 Å². The van der Waals surface area contributed by atoms with Gasteiger partial charge < -0.3 is 9.47 Å². The Labute approximate surface area is 132 Å². The van der Waals surface area contributed by atoms with E-state index >= 15 is 0 Å². The van der Waals surface area contributed by atoms with Crippen LogP contribution in [0, 0.1) is 11.3 Å². The first-order chi connectivity index (χ1) is 11.1. The molecule has 0 aliphatic rings. The van der Waals surface area contributed by atoms with E-state index in [1.807, 2.05) is 6.07 Å². The van der Waals surface area contributed by atoms with Gasteiger partial charge in [-0.1, -0.05) is 12.1 Å². The Morgan fingerprint density at radius 3 is 2.83 bits per heavy atom. The third-order valence-corrected chi connectivity index (χ3v) is 3.06. The van der Waals surface area contributed by atoms with Gasteiger partial charge in [0, 0.05) is 5.56 Å². The van der Waals surface area contributed by atoms with Crippen molar-refractivity contribution in [2.75, 3.05) is 13.7 Å². The van der Waals surface area contributed by atoms with Gasteiger partial charge >= 0.3 is 5.97 Å². The molecule has 0 unspecified atom stereocenters. The molecule has 1 heterocycles. The molecular weight excluding hydrogens is 298 g/mol. The number of benzene rings is 1. The molecule has 0 bridgehead atoms. The van der Waals surface area contributed by atoms with E-state index in [2.05, 4.69) is 5.10 Å². The maximum absolute atomic E-state index is 12.2. The highest BCUT2D eigenvalue weighted by atomic mass is 16.5. The number of nitriles is 1. The topological polar surface area (TPSA) is 94.2 Å². The minimum atomic E-state index is -0.740. The first kappa shape index (κ1) is 16.2. The Morgan fingerprint density at radius 1 is 1.39 bits per heavy atom. The van der Waals surface area contributed by atoms with E-state index in [0.717, 1.165) is 4.68 Å². The van der Waals surface area contributed by atoms with Crippen molar-refractivity contribution in [3.63, 3.8) is 0 Å². The number of carbonyl (C=O) groups excluding carboxylic acids is 1. The first-order valence-corrected chi connectivity index (χ1v) is 6.91. The van der Waals surface area contributed by atoms with Crippen molar-refractivity contribution < 1.29 is 14.3 Å². The number of ether oxygens (including phenoxy) is 2.